The Bertz CT molecular complexity index is 221. The molecule has 0 amide bonds. The van der Waals surface area contributed by atoms with Gasteiger partial charge in [0.2, 0.25) is 0 Å². The summed E-state index contributed by atoms with van der Waals surface area (Å²) in [5, 5.41) is 0.977. The summed E-state index contributed by atoms with van der Waals surface area (Å²) >= 11 is 1.68. The lowest BCUT2D eigenvalue weighted by atomic mass is 10.6. The fourth-order valence-corrected chi connectivity index (χ4v) is 1.32. The molecule has 0 aliphatic heterocycles. The van der Waals surface area contributed by atoms with Gasteiger partial charge >= 0.3 is 0 Å². The largest absolute Gasteiger partial charge is 0.260 e. The topological polar surface area (TPSA) is 25.8 Å². The van der Waals surface area contributed by atoms with Crippen LogP contribution in [0.15, 0.2) is 35.8 Å². The van der Waals surface area contributed by atoms with Crippen LogP contribution in [-0.2, 0) is 0 Å². The van der Waals surface area contributed by atoms with Gasteiger partial charge in [0, 0.05) is 18.1 Å². The molecule has 0 N–H and O–H groups in total. The van der Waals surface area contributed by atoms with Crippen LogP contribution in [-0.4, -0.2) is 15.7 Å². The third-order valence-corrected chi connectivity index (χ3v) is 1.97. The number of thioether (sulfide) groups is 1. The van der Waals surface area contributed by atoms with Crippen molar-refractivity contribution in [2.45, 2.75) is 11.9 Å². The van der Waals surface area contributed by atoms with Crippen LogP contribution in [0.1, 0.15) is 6.92 Å². The van der Waals surface area contributed by atoms with Crippen LogP contribution in [0, 0.1) is 0 Å². The maximum atomic E-state index is 4.12. The first-order valence-electron chi connectivity index (χ1n) is 3.43. The van der Waals surface area contributed by atoms with Crippen molar-refractivity contribution in [2.24, 2.45) is 0 Å². The van der Waals surface area contributed by atoms with E-state index in [4.69, 9.17) is 0 Å². The van der Waals surface area contributed by atoms with Crippen LogP contribution in [0.25, 0.3) is 0 Å². The van der Waals surface area contributed by atoms with Gasteiger partial charge in [-0.3, -0.25) is 4.98 Å². The highest BCUT2D eigenvalue weighted by Crippen LogP contribution is 2.11. The third kappa shape index (κ3) is 3.18. The molecule has 2 nitrogen and oxygen atoms in total. The molecule has 0 radical (unpaired) electrons. The van der Waals surface area contributed by atoms with Crippen LogP contribution in [0.4, 0.5) is 0 Å². The summed E-state index contributed by atoms with van der Waals surface area (Å²) in [6, 6.07) is 0. The predicted molar refractivity (Wildman–Crippen MR) is 47.6 cm³/mol. The van der Waals surface area contributed by atoms with Crippen molar-refractivity contribution in [3.05, 3.63) is 30.7 Å². The average Bonchev–Trinajstić information content (AvgIpc) is 2.07. The van der Waals surface area contributed by atoms with Gasteiger partial charge in [0.1, 0.15) is 5.03 Å². The highest BCUT2D eigenvalue weighted by Gasteiger charge is 1.89. The van der Waals surface area contributed by atoms with Gasteiger partial charge in [-0.15, -0.1) is 11.8 Å². The minimum absolute atomic E-state index is 0.967. The highest BCUT2D eigenvalue weighted by atomic mass is 32.2. The van der Waals surface area contributed by atoms with Gasteiger partial charge in [-0.25, -0.2) is 4.98 Å². The van der Waals surface area contributed by atoms with E-state index in [1.165, 1.54) is 0 Å². The Labute approximate surface area is 70.8 Å². The monoisotopic (exact) mass is 166 g/mol. The van der Waals surface area contributed by atoms with E-state index < -0.39 is 0 Å². The van der Waals surface area contributed by atoms with Crippen molar-refractivity contribution in [3.63, 3.8) is 0 Å². The first kappa shape index (κ1) is 8.27. The number of hydrogen-bond acceptors (Lipinski definition) is 3. The molecule has 0 fully saturated rings. The van der Waals surface area contributed by atoms with Crippen LogP contribution in [0.3, 0.4) is 0 Å². The van der Waals surface area contributed by atoms with E-state index in [9.17, 15) is 0 Å². The molecule has 0 aromatic carbocycles. The number of aromatic nitrogens is 2. The number of nitrogens with zero attached hydrogens (tertiary/aromatic N) is 2. The van der Waals surface area contributed by atoms with E-state index in [1.54, 1.807) is 30.4 Å². The molecule has 0 aliphatic carbocycles. The summed E-state index contributed by atoms with van der Waals surface area (Å²) in [6.45, 7) is 2.01. The van der Waals surface area contributed by atoms with Crippen molar-refractivity contribution < 1.29 is 0 Å². The molecule has 0 atom stereocenters. The van der Waals surface area contributed by atoms with E-state index in [0.717, 1.165) is 10.8 Å². The molecule has 1 aromatic heterocycles. The van der Waals surface area contributed by atoms with Gasteiger partial charge in [0.05, 0.1) is 6.20 Å². The normalized spacial score (nSPS) is 10.6. The summed E-state index contributed by atoms with van der Waals surface area (Å²) in [7, 11) is 0. The highest BCUT2D eigenvalue weighted by molar-refractivity contribution is 7.99. The maximum Gasteiger partial charge on any atom is 0.115 e. The third-order valence-electron chi connectivity index (χ3n) is 1.10. The van der Waals surface area contributed by atoms with Crippen LogP contribution in [0.5, 0.6) is 0 Å². The van der Waals surface area contributed by atoms with E-state index >= 15 is 0 Å². The molecule has 1 aromatic rings. The smallest absolute Gasteiger partial charge is 0.115 e. The molecule has 0 bridgehead atoms. The minimum atomic E-state index is 0.967. The van der Waals surface area contributed by atoms with Gasteiger partial charge in [0.15, 0.2) is 0 Å². The molecular weight excluding hydrogens is 156 g/mol. The Morgan fingerprint density at radius 2 is 2.45 bits per heavy atom. The Morgan fingerprint density at radius 3 is 3.09 bits per heavy atom. The summed E-state index contributed by atoms with van der Waals surface area (Å²) in [4.78, 5) is 8.07. The van der Waals surface area contributed by atoms with Gasteiger partial charge in [0.25, 0.3) is 0 Å². The standard InChI is InChI=1S/C8H10N2S/c1-2-3-6-11-8-7-9-4-5-10-8/h2-5,7H,6H2,1H3/b3-2+. The lowest BCUT2D eigenvalue weighted by molar-refractivity contribution is 1.06. The lowest BCUT2D eigenvalue weighted by Crippen LogP contribution is -1.80. The zero-order valence-corrected chi connectivity index (χ0v) is 7.21. The Hall–Kier alpha value is -0.830. The Morgan fingerprint density at radius 1 is 1.55 bits per heavy atom. The van der Waals surface area contributed by atoms with Crippen molar-refractivity contribution >= 4 is 11.8 Å². The Balaban J connectivity index is 2.39. The number of allylic oxidation sites excluding steroid dienone is 1. The van der Waals surface area contributed by atoms with E-state index in [2.05, 4.69) is 16.0 Å². The second-order valence-corrected chi connectivity index (χ2v) is 2.96. The van der Waals surface area contributed by atoms with Crippen molar-refractivity contribution in [2.75, 3.05) is 5.75 Å². The van der Waals surface area contributed by atoms with Gasteiger partial charge in [-0.1, -0.05) is 12.2 Å². The average molecular weight is 166 g/mol. The minimum Gasteiger partial charge on any atom is -0.260 e. The van der Waals surface area contributed by atoms with Gasteiger partial charge in [-0.2, -0.15) is 0 Å². The lowest BCUT2D eigenvalue weighted by Gasteiger charge is -1.93. The van der Waals surface area contributed by atoms with Crippen molar-refractivity contribution in [1.82, 2.24) is 9.97 Å². The summed E-state index contributed by atoms with van der Waals surface area (Å²) in [6.07, 6.45) is 9.29. The fraction of sp³-hybridized carbons (Fsp3) is 0.250. The number of hydrogen-bond donors (Lipinski definition) is 0. The zero-order valence-electron chi connectivity index (χ0n) is 6.40. The zero-order chi connectivity index (χ0) is 7.94. The fourth-order valence-electron chi connectivity index (χ4n) is 0.590. The summed E-state index contributed by atoms with van der Waals surface area (Å²) < 4.78 is 0. The van der Waals surface area contributed by atoms with Crippen LogP contribution >= 0.6 is 11.8 Å². The summed E-state index contributed by atoms with van der Waals surface area (Å²) in [5.41, 5.74) is 0. The second-order valence-electron chi connectivity index (χ2n) is 1.92. The van der Waals surface area contributed by atoms with Gasteiger partial charge in [-0.05, 0) is 6.92 Å². The molecule has 11 heavy (non-hydrogen) atoms. The SMILES string of the molecule is C/C=C/CSc1cnccn1. The van der Waals surface area contributed by atoms with E-state index in [-0.39, 0.29) is 0 Å². The van der Waals surface area contributed by atoms with Crippen LogP contribution < -0.4 is 0 Å². The molecule has 0 saturated carbocycles. The molecule has 1 rings (SSSR count). The second kappa shape index (κ2) is 4.91. The first-order chi connectivity index (χ1) is 5.43. The van der Waals surface area contributed by atoms with Crippen molar-refractivity contribution in [1.29, 1.82) is 0 Å². The molecular formula is C8H10N2S. The molecule has 0 saturated heterocycles. The van der Waals surface area contributed by atoms with E-state index in [0.29, 0.717) is 0 Å². The van der Waals surface area contributed by atoms with Gasteiger partial charge < -0.3 is 0 Å². The Kier molecular flexibility index (Phi) is 3.69. The quantitative estimate of drug-likeness (QED) is 0.508. The predicted octanol–water partition coefficient (Wildman–Crippen LogP) is 2.14. The summed E-state index contributed by atoms with van der Waals surface area (Å²) in [5.74, 6) is 0.967. The molecule has 0 unspecified atom stereocenters. The first-order valence-corrected chi connectivity index (χ1v) is 4.42. The molecule has 3 heteroatoms. The molecule has 0 aliphatic rings. The molecule has 1 heterocycles. The maximum absolute atomic E-state index is 4.12. The van der Waals surface area contributed by atoms with Crippen molar-refractivity contribution in [3.8, 4) is 0 Å². The van der Waals surface area contributed by atoms with E-state index in [1.807, 2.05) is 13.0 Å². The van der Waals surface area contributed by atoms with Crippen LogP contribution in [0.2, 0.25) is 0 Å². The molecule has 58 valence electrons. The molecule has 0 spiro atoms. The number of rotatable bonds is 3.